The molecule has 0 unspecified atom stereocenters. The Balaban J connectivity index is 1.73. The highest BCUT2D eigenvalue weighted by Crippen LogP contribution is 2.45. The predicted octanol–water partition coefficient (Wildman–Crippen LogP) is 9.18. The van der Waals surface area contributed by atoms with Crippen molar-refractivity contribution >= 4 is 63.8 Å². The third kappa shape index (κ3) is 2.41. The van der Waals surface area contributed by atoms with Gasteiger partial charge in [0, 0.05) is 25.6 Å². The second kappa shape index (κ2) is 6.41. The highest BCUT2D eigenvalue weighted by atomic mass is 32.1. The summed E-state index contributed by atoms with van der Waals surface area (Å²) in [6, 6.07) is 40.0. The molecule has 7 rings (SSSR count). The Morgan fingerprint density at radius 1 is 0.419 bits per heavy atom. The molecule has 6 aromatic carbocycles. The fourth-order valence-corrected chi connectivity index (χ4v) is 6.31. The molecule has 31 heavy (non-hydrogen) atoms. The lowest BCUT2D eigenvalue weighted by atomic mass is 9.90. The largest absolute Gasteiger partial charge is 0.135 e. The number of hydrogen-bond acceptors (Lipinski definition) is 1. The van der Waals surface area contributed by atoms with E-state index >= 15 is 0 Å². The van der Waals surface area contributed by atoms with Gasteiger partial charge in [-0.25, -0.2) is 0 Å². The molecule has 0 saturated carbocycles. The summed E-state index contributed by atoms with van der Waals surface area (Å²) in [4.78, 5) is 0. The first kappa shape index (κ1) is 17.0. The van der Waals surface area contributed by atoms with Gasteiger partial charge >= 0.3 is 0 Å². The summed E-state index contributed by atoms with van der Waals surface area (Å²) in [5.41, 5.74) is 2.61. The molecule has 1 aromatic heterocycles. The van der Waals surface area contributed by atoms with Crippen molar-refractivity contribution in [1.82, 2.24) is 0 Å². The standard InChI is InChI=1S/C30H18S/c1-3-11-21-19(8-1)10-7-14-23(21)27-18-20-9-2-4-12-22(20)29-25(27)16-17-26-24-13-5-6-15-28(24)31-30(26)29/h1-18H. The molecule has 0 amide bonds. The van der Waals surface area contributed by atoms with Crippen molar-refractivity contribution in [3.05, 3.63) is 109 Å². The topological polar surface area (TPSA) is 0 Å². The fraction of sp³-hybridized carbons (Fsp3) is 0. The first-order chi connectivity index (χ1) is 15.4. The summed E-state index contributed by atoms with van der Waals surface area (Å²) in [6.07, 6.45) is 0. The van der Waals surface area contributed by atoms with Gasteiger partial charge < -0.3 is 0 Å². The number of rotatable bonds is 1. The van der Waals surface area contributed by atoms with Crippen LogP contribution in [0.2, 0.25) is 0 Å². The van der Waals surface area contributed by atoms with Crippen LogP contribution in [0.5, 0.6) is 0 Å². The summed E-state index contributed by atoms with van der Waals surface area (Å²) in [7, 11) is 0. The fourth-order valence-electron chi connectivity index (χ4n) is 5.05. The van der Waals surface area contributed by atoms with Crippen LogP contribution in [-0.4, -0.2) is 0 Å². The van der Waals surface area contributed by atoms with Crippen LogP contribution in [0.4, 0.5) is 0 Å². The summed E-state index contributed by atoms with van der Waals surface area (Å²) in [5.74, 6) is 0. The average molecular weight is 411 g/mol. The van der Waals surface area contributed by atoms with Gasteiger partial charge in [-0.1, -0.05) is 97.1 Å². The van der Waals surface area contributed by atoms with Gasteiger partial charge in [0.25, 0.3) is 0 Å². The van der Waals surface area contributed by atoms with E-state index in [-0.39, 0.29) is 0 Å². The van der Waals surface area contributed by atoms with E-state index in [0.29, 0.717) is 0 Å². The highest BCUT2D eigenvalue weighted by molar-refractivity contribution is 7.26. The lowest BCUT2D eigenvalue weighted by molar-refractivity contribution is 1.71. The van der Waals surface area contributed by atoms with Gasteiger partial charge in [-0.3, -0.25) is 0 Å². The molecule has 1 heteroatoms. The van der Waals surface area contributed by atoms with Crippen LogP contribution in [0, 0.1) is 0 Å². The lowest BCUT2D eigenvalue weighted by Gasteiger charge is -2.14. The van der Waals surface area contributed by atoms with Crippen LogP contribution in [-0.2, 0) is 0 Å². The maximum absolute atomic E-state index is 2.37. The summed E-state index contributed by atoms with van der Waals surface area (Å²) >= 11 is 1.91. The molecule has 0 aliphatic heterocycles. The normalized spacial score (nSPS) is 11.9. The quantitative estimate of drug-likeness (QED) is 0.237. The second-order valence-corrected chi connectivity index (χ2v) is 9.19. The minimum absolute atomic E-state index is 1.28. The van der Waals surface area contributed by atoms with Crippen molar-refractivity contribution in [3.63, 3.8) is 0 Å². The molecule has 0 nitrogen and oxygen atoms in total. The predicted molar refractivity (Wildman–Crippen MR) is 137 cm³/mol. The Morgan fingerprint density at radius 3 is 2.00 bits per heavy atom. The first-order valence-corrected chi connectivity index (χ1v) is 11.4. The maximum atomic E-state index is 2.37. The van der Waals surface area contributed by atoms with E-state index in [2.05, 4.69) is 109 Å². The van der Waals surface area contributed by atoms with E-state index in [1.54, 1.807) is 0 Å². The SMILES string of the molecule is c1ccc2c(-c3cc4ccccc4c4c3ccc3c5ccccc5sc34)cccc2c1. The van der Waals surface area contributed by atoms with Crippen LogP contribution in [0.3, 0.4) is 0 Å². The average Bonchev–Trinajstić information content (AvgIpc) is 3.22. The van der Waals surface area contributed by atoms with Crippen molar-refractivity contribution in [2.75, 3.05) is 0 Å². The summed E-state index contributed by atoms with van der Waals surface area (Å²) in [6.45, 7) is 0. The van der Waals surface area contributed by atoms with Crippen molar-refractivity contribution < 1.29 is 0 Å². The first-order valence-electron chi connectivity index (χ1n) is 10.6. The van der Waals surface area contributed by atoms with E-state index < -0.39 is 0 Å². The molecular weight excluding hydrogens is 392 g/mol. The Morgan fingerprint density at radius 2 is 1.10 bits per heavy atom. The smallest absolute Gasteiger partial charge is 0.0440 e. The molecule has 1 heterocycles. The van der Waals surface area contributed by atoms with Gasteiger partial charge in [0.2, 0.25) is 0 Å². The van der Waals surface area contributed by atoms with Crippen molar-refractivity contribution in [2.24, 2.45) is 0 Å². The van der Waals surface area contributed by atoms with Crippen LogP contribution in [0.15, 0.2) is 109 Å². The van der Waals surface area contributed by atoms with Gasteiger partial charge in [-0.15, -0.1) is 11.3 Å². The van der Waals surface area contributed by atoms with Crippen molar-refractivity contribution in [1.29, 1.82) is 0 Å². The van der Waals surface area contributed by atoms with Gasteiger partial charge in [0.1, 0.15) is 0 Å². The van der Waals surface area contributed by atoms with Gasteiger partial charge in [0.15, 0.2) is 0 Å². The van der Waals surface area contributed by atoms with E-state index in [1.165, 1.54) is 63.6 Å². The zero-order valence-electron chi connectivity index (χ0n) is 16.8. The third-order valence-electron chi connectivity index (χ3n) is 6.45. The minimum atomic E-state index is 1.28. The van der Waals surface area contributed by atoms with Crippen LogP contribution < -0.4 is 0 Å². The zero-order valence-corrected chi connectivity index (χ0v) is 17.6. The van der Waals surface area contributed by atoms with Crippen LogP contribution in [0.25, 0.3) is 63.6 Å². The molecule has 0 atom stereocenters. The zero-order chi connectivity index (χ0) is 20.4. The van der Waals surface area contributed by atoms with Gasteiger partial charge in [-0.05, 0) is 50.2 Å². The minimum Gasteiger partial charge on any atom is -0.135 e. The molecule has 0 bridgehead atoms. The molecule has 0 aliphatic rings. The molecule has 0 spiro atoms. The lowest BCUT2D eigenvalue weighted by Crippen LogP contribution is -1.86. The molecule has 144 valence electrons. The molecular formula is C30H18S. The van der Waals surface area contributed by atoms with E-state index in [1.807, 2.05) is 11.3 Å². The molecule has 0 radical (unpaired) electrons. The van der Waals surface area contributed by atoms with E-state index in [0.717, 1.165) is 0 Å². The Hall–Kier alpha value is -3.68. The second-order valence-electron chi connectivity index (χ2n) is 8.14. The van der Waals surface area contributed by atoms with Gasteiger partial charge in [0.05, 0.1) is 0 Å². The Kier molecular flexibility index (Phi) is 3.52. The molecule has 0 aliphatic carbocycles. The summed E-state index contributed by atoms with van der Waals surface area (Å²) in [5, 5.41) is 10.6. The third-order valence-corrected chi connectivity index (χ3v) is 7.65. The van der Waals surface area contributed by atoms with Crippen molar-refractivity contribution in [2.45, 2.75) is 0 Å². The number of thiophene rings is 1. The molecule has 7 aromatic rings. The molecule has 0 fully saturated rings. The molecule has 0 N–H and O–H groups in total. The van der Waals surface area contributed by atoms with E-state index in [9.17, 15) is 0 Å². The Bertz CT molecular complexity index is 1780. The number of benzene rings is 6. The monoisotopic (exact) mass is 410 g/mol. The highest BCUT2D eigenvalue weighted by Gasteiger charge is 2.15. The summed E-state index contributed by atoms with van der Waals surface area (Å²) < 4.78 is 2.74. The Labute approximate surface area is 184 Å². The number of hydrogen-bond donors (Lipinski definition) is 0. The number of fused-ring (bicyclic) bond motifs is 8. The van der Waals surface area contributed by atoms with Crippen LogP contribution >= 0.6 is 11.3 Å². The van der Waals surface area contributed by atoms with Crippen molar-refractivity contribution in [3.8, 4) is 11.1 Å². The molecule has 0 saturated heterocycles. The maximum Gasteiger partial charge on any atom is 0.0440 e. The van der Waals surface area contributed by atoms with Gasteiger partial charge in [-0.2, -0.15) is 0 Å². The van der Waals surface area contributed by atoms with E-state index in [4.69, 9.17) is 0 Å². The van der Waals surface area contributed by atoms with Crippen LogP contribution in [0.1, 0.15) is 0 Å².